The van der Waals surface area contributed by atoms with Crippen LogP contribution in [0.25, 0.3) is 22.3 Å². The smallest absolute Gasteiger partial charge is 0.138 e. The number of nitrogen functional groups attached to an aromatic ring is 1. The van der Waals surface area contributed by atoms with Crippen LogP contribution in [0.5, 0.6) is 5.75 Å². The minimum atomic E-state index is 0.493. The van der Waals surface area contributed by atoms with Gasteiger partial charge in [0.2, 0.25) is 0 Å². The van der Waals surface area contributed by atoms with Gasteiger partial charge in [-0.25, -0.2) is 4.98 Å². The van der Waals surface area contributed by atoms with E-state index in [-0.39, 0.29) is 0 Å². The van der Waals surface area contributed by atoms with E-state index in [0.29, 0.717) is 5.82 Å². The number of ether oxygens (including phenoxy) is 1. The number of methoxy groups -OCH3 is 1. The van der Waals surface area contributed by atoms with Crippen molar-refractivity contribution < 1.29 is 9.15 Å². The summed E-state index contributed by atoms with van der Waals surface area (Å²) in [6.45, 7) is 0. The van der Waals surface area contributed by atoms with Gasteiger partial charge >= 0.3 is 0 Å². The number of aromatic nitrogens is 1. The average Bonchev–Trinajstić information content (AvgIpc) is 2.83. The predicted octanol–water partition coefficient (Wildman–Crippen LogP) is 3.09. The number of fused-ring (bicyclic) bond motifs is 1. The first kappa shape index (κ1) is 10.7. The molecule has 0 aliphatic heterocycles. The zero-order valence-electron chi connectivity index (χ0n) is 9.88. The molecule has 0 saturated carbocycles. The molecule has 0 atom stereocenters. The number of furan rings is 1. The molecule has 0 radical (unpaired) electrons. The van der Waals surface area contributed by atoms with Crippen LogP contribution in [-0.4, -0.2) is 12.1 Å². The van der Waals surface area contributed by atoms with Gasteiger partial charge in [-0.2, -0.15) is 0 Å². The maximum absolute atomic E-state index is 5.78. The highest BCUT2D eigenvalue weighted by atomic mass is 16.5. The van der Waals surface area contributed by atoms with Gasteiger partial charge in [-0.05, 0) is 30.3 Å². The van der Waals surface area contributed by atoms with Crippen LogP contribution in [0.4, 0.5) is 5.82 Å². The van der Waals surface area contributed by atoms with E-state index >= 15 is 0 Å². The SMILES string of the molecule is COc1cccc2oc(-c3ccc(N)nc3)cc12. The monoisotopic (exact) mass is 240 g/mol. The molecule has 2 heterocycles. The summed E-state index contributed by atoms with van der Waals surface area (Å²) in [5, 5.41) is 0.951. The highest BCUT2D eigenvalue weighted by molar-refractivity contribution is 5.88. The molecule has 1 aromatic carbocycles. The number of anilines is 1. The van der Waals surface area contributed by atoms with Crippen LogP contribution in [0, 0.1) is 0 Å². The molecule has 0 amide bonds. The summed E-state index contributed by atoms with van der Waals surface area (Å²) < 4.78 is 11.1. The lowest BCUT2D eigenvalue weighted by molar-refractivity contribution is 0.419. The standard InChI is InChI=1S/C14H12N2O2/c1-17-11-3-2-4-12-10(11)7-13(18-12)9-5-6-14(15)16-8-9/h2-8H,1H3,(H2,15,16). The third-order valence-electron chi connectivity index (χ3n) is 2.81. The van der Waals surface area contributed by atoms with E-state index in [2.05, 4.69) is 4.98 Å². The van der Waals surface area contributed by atoms with Gasteiger partial charge in [0.25, 0.3) is 0 Å². The summed E-state index contributed by atoms with van der Waals surface area (Å²) in [4.78, 5) is 4.05. The molecule has 0 saturated heterocycles. The normalized spacial score (nSPS) is 10.7. The van der Waals surface area contributed by atoms with Gasteiger partial charge in [-0.15, -0.1) is 0 Å². The molecule has 0 aliphatic rings. The number of hydrogen-bond donors (Lipinski definition) is 1. The first-order chi connectivity index (χ1) is 8.78. The Morgan fingerprint density at radius 2 is 2.11 bits per heavy atom. The van der Waals surface area contributed by atoms with Crippen LogP contribution < -0.4 is 10.5 Å². The van der Waals surface area contributed by atoms with Gasteiger partial charge in [0, 0.05) is 11.8 Å². The van der Waals surface area contributed by atoms with Crippen molar-refractivity contribution in [1.29, 1.82) is 0 Å². The first-order valence-corrected chi connectivity index (χ1v) is 5.56. The average molecular weight is 240 g/mol. The maximum atomic E-state index is 5.78. The quantitative estimate of drug-likeness (QED) is 0.747. The highest BCUT2D eigenvalue weighted by Crippen LogP contribution is 2.33. The molecule has 0 fully saturated rings. The van der Waals surface area contributed by atoms with Crippen molar-refractivity contribution in [3.05, 3.63) is 42.6 Å². The molecule has 90 valence electrons. The van der Waals surface area contributed by atoms with Crippen LogP contribution in [0.2, 0.25) is 0 Å². The summed E-state index contributed by atoms with van der Waals surface area (Å²) >= 11 is 0. The molecule has 2 N–H and O–H groups in total. The second-order valence-corrected chi connectivity index (χ2v) is 3.95. The predicted molar refractivity (Wildman–Crippen MR) is 70.4 cm³/mol. The van der Waals surface area contributed by atoms with Gasteiger partial charge in [0.1, 0.15) is 22.9 Å². The van der Waals surface area contributed by atoms with Crippen molar-refractivity contribution in [3.8, 4) is 17.1 Å². The fourth-order valence-corrected chi connectivity index (χ4v) is 1.91. The Morgan fingerprint density at radius 3 is 2.83 bits per heavy atom. The van der Waals surface area contributed by atoms with Crippen LogP contribution in [-0.2, 0) is 0 Å². The Kier molecular flexibility index (Phi) is 2.41. The number of benzene rings is 1. The van der Waals surface area contributed by atoms with E-state index in [1.54, 1.807) is 19.4 Å². The summed E-state index contributed by atoms with van der Waals surface area (Å²) in [6.07, 6.45) is 1.69. The highest BCUT2D eigenvalue weighted by Gasteiger charge is 2.09. The Morgan fingerprint density at radius 1 is 1.22 bits per heavy atom. The lowest BCUT2D eigenvalue weighted by atomic mass is 10.2. The topological polar surface area (TPSA) is 61.3 Å². The van der Waals surface area contributed by atoms with Crippen LogP contribution >= 0.6 is 0 Å². The van der Waals surface area contributed by atoms with E-state index < -0.39 is 0 Å². The van der Waals surface area contributed by atoms with E-state index in [0.717, 1.165) is 28.0 Å². The summed E-state index contributed by atoms with van der Waals surface area (Å²) in [7, 11) is 1.65. The van der Waals surface area contributed by atoms with Crippen molar-refractivity contribution >= 4 is 16.8 Å². The molecule has 2 aromatic heterocycles. The van der Waals surface area contributed by atoms with Gasteiger partial charge in [-0.3, -0.25) is 0 Å². The molecule has 0 unspecified atom stereocenters. The zero-order valence-corrected chi connectivity index (χ0v) is 9.88. The fraction of sp³-hybridized carbons (Fsp3) is 0.0714. The second kappa shape index (κ2) is 4.07. The fourth-order valence-electron chi connectivity index (χ4n) is 1.91. The first-order valence-electron chi connectivity index (χ1n) is 5.56. The van der Waals surface area contributed by atoms with Crippen molar-refractivity contribution in [2.24, 2.45) is 0 Å². The zero-order chi connectivity index (χ0) is 12.5. The molecule has 0 aliphatic carbocycles. The maximum Gasteiger partial charge on any atom is 0.138 e. The second-order valence-electron chi connectivity index (χ2n) is 3.95. The van der Waals surface area contributed by atoms with Crippen molar-refractivity contribution in [2.75, 3.05) is 12.8 Å². The lowest BCUT2D eigenvalue weighted by Crippen LogP contribution is -1.88. The molecule has 0 spiro atoms. The molecule has 4 heteroatoms. The Balaban J connectivity index is 2.16. The lowest BCUT2D eigenvalue weighted by Gasteiger charge is -1.98. The molecule has 4 nitrogen and oxygen atoms in total. The number of pyridine rings is 1. The Labute approximate surface area is 104 Å². The van der Waals surface area contributed by atoms with E-state index in [4.69, 9.17) is 14.9 Å². The van der Waals surface area contributed by atoms with Crippen LogP contribution in [0.15, 0.2) is 47.0 Å². The number of rotatable bonds is 2. The molecule has 3 rings (SSSR count). The van der Waals surface area contributed by atoms with E-state index in [1.807, 2.05) is 30.3 Å². The number of hydrogen-bond acceptors (Lipinski definition) is 4. The molecule has 3 aromatic rings. The number of nitrogens with two attached hydrogens (primary N) is 1. The minimum Gasteiger partial charge on any atom is -0.496 e. The molecular formula is C14H12N2O2. The summed E-state index contributed by atoms with van der Waals surface area (Å²) in [5.41, 5.74) is 7.25. The molecule has 0 bridgehead atoms. The third-order valence-corrected chi connectivity index (χ3v) is 2.81. The van der Waals surface area contributed by atoms with E-state index in [9.17, 15) is 0 Å². The van der Waals surface area contributed by atoms with Gasteiger partial charge in [-0.1, -0.05) is 6.07 Å². The van der Waals surface area contributed by atoms with Gasteiger partial charge in [0.15, 0.2) is 0 Å². The van der Waals surface area contributed by atoms with Crippen molar-refractivity contribution in [2.45, 2.75) is 0 Å². The van der Waals surface area contributed by atoms with Gasteiger partial charge in [0.05, 0.1) is 12.5 Å². The summed E-state index contributed by atoms with van der Waals surface area (Å²) in [6, 6.07) is 11.3. The Bertz CT molecular complexity index is 687. The third kappa shape index (κ3) is 1.68. The largest absolute Gasteiger partial charge is 0.496 e. The molecular weight excluding hydrogens is 228 g/mol. The van der Waals surface area contributed by atoms with Crippen LogP contribution in [0.1, 0.15) is 0 Å². The van der Waals surface area contributed by atoms with Gasteiger partial charge < -0.3 is 14.9 Å². The van der Waals surface area contributed by atoms with E-state index in [1.165, 1.54) is 0 Å². The Hall–Kier alpha value is -2.49. The van der Waals surface area contributed by atoms with Crippen molar-refractivity contribution in [1.82, 2.24) is 4.98 Å². The van der Waals surface area contributed by atoms with Crippen molar-refractivity contribution in [3.63, 3.8) is 0 Å². The minimum absolute atomic E-state index is 0.493. The number of nitrogens with zero attached hydrogens (tertiary/aromatic N) is 1. The summed E-state index contributed by atoms with van der Waals surface area (Å²) in [5.74, 6) is 2.04. The molecule has 18 heavy (non-hydrogen) atoms. The van der Waals surface area contributed by atoms with Crippen LogP contribution in [0.3, 0.4) is 0 Å².